The van der Waals surface area contributed by atoms with Crippen LogP contribution in [0.1, 0.15) is 39.7 Å². The number of rotatable bonds is 1. The van der Waals surface area contributed by atoms with E-state index in [1.165, 1.54) is 18.2 Å². The highest BCUT2D eigenvalue weighted by Gasteiger charge is 2.62. The van der Waals surface area contributed by atoms with Gasteiger partial charge in [0.15, 0.2) is 0 Å². The first kappa shape index (κ1) is 18.4. The molecule has 3 aromatic rings. The van der Waals surface area contributed by atoms with E-state index in [0.717, 1.165) is 33.2 Å². The van der Waals surface area contributed by atoms with Gasteiger partial charge >= 0.3 is 6.18 Å². The van der Waals surface area contributed by atoms with Gasteiger partial charge in [-0.15, -0.1) is 0 Å². The van der Waals surface area contributed by atoms with Crippen LogP contribution in [-0.2, 0) is 15.8 Å². The van der Waals surface area contributed by atoms with Crippen molar-refractivity contribution in [2.45, 2.75) is 18.0 Å². The minimum Gasteiger partial charge on any atom is -0.274 e. The Morgan fingerprint density at radius 3 is 1.42 bits per heavy atom. The molecule has 0 N–H and O–H groups in total. The maximum atomic E-state index is 13.7. The van der Waals surface area contributed by atoms with Crippen LogP contribution in [0.5, 0.6) is 0 Å². The van der Waals surface area contributed by atoms with E-state index in [1.54, 1.807) is 0 Å². The van der Waals surface area contributed by atoms with Gasteiger partial charge in [0.25, 0.3) is 0 Å². The van der Waals surface area contributed by atoms with Crippen LogP contribution in [-0.4, -0.2) is 11.8 Å². The van der Waals surface area contributed by atoms with Crippen molar-refractivity contribution in [2.75, 3.05) is 4.90 Å². The Balaban J connectivity index is 1.56. The predicted octanol–water partition coefficient (Wildman–Crippen LogP) is 5.10. The van der Waals surface area contributed by atoms with E-state index in [0.29, 0.717) is 0 Å². The summed E-state index contributed by atoms with van der Waals surface area (Å²) in [4.78, 5) is 27.9. The van der Waals surface area contributed by atoms with Crippen molar-refractivity contribution in [1.82, 2.24) is 0 Å². The second-order valence-electron chi connectivity index (χ2n) is 8.29. The number of carbonyl (C=O) groups excluding carboxylic acids is 2. The molecule has 2 amide bonds. The highest BCUT2D eigenvalue weighted by Crippen LogP contribution is 2.61. The van der Waals surface area contributed by atoms with Gasteiger partial charge in [-0.25, -0.2) is 4.90 Å². The number of halogens is 3. The summed E-state index contributed by atoms with van der Waals surface area (Å²) in [6.07, 6.45) is -4.67. The molecule has 1 fully saturated rings. The standard InChI is InChI=1S/C25H16F3NO2/c26-25(27,28)17-11-5-6-12-18(17)29-23(30)21-19-13-7-1-2-8-14(13)20(22(21)24(29)31)16-10-4-3-9-15(16)19/h1-12,19-22H/t19?,20?,21-,22+. The zero-order valence-electron chi connectivity index (χ0n) is 16.1. The zero-order chi connectivity index (χ0) is 21.5. The van der Waals surface area contributed by atoms with Gasteiger partial charge < -0.3 is 0 Å². The summed E-state index contributed by atoms with van der Waals surface area (Å²) in [5, 5.41) is 0. The molecule has 3 aromatic carbocycles. The van der Waals surface area contributed by atoms with Crippen LogP contribution >= 0.6 is 0 Å². The van der Waals surface area contributed by atoms with Crippen LogP contribution in [0.2, 0.25) is 0 Å². The molecule has 31 heavy (non-hydrogen) atoms. The molecule has 3 aliphatic carbocycles. The molecule has 4 aliphatic rings. The summed E-state index contributed by atoms with van der Waals surface area (Å²) < 4.78 is 41.0. The van der Waals surface area contributed by atoms with Crippen LogP contribution in [0.15, 0.2) is 72.8 Å². The van der Waals surface area contributed by atoms with Crippen LogP contribution in [0.3, 0.4) is 0 Å². The fourth-order valence-electron chi connectivity index (χ4n) is 5.82. The normalized spacial score (nSPS) is 26.0. The smallest absolute Gasteiger partial charge is 0.274 e. The highest BCUT2D eigenvalue weighted by atomic mass is 19.4. The van der Waals surface area contributed by atoms with Crippen molar-refractivity contribution in [2.24, 2.45) is 11.8 Å². The molecular formula is C25H16F3NO2. The maximum Gasteiger partial charge on any atom is 0.418 e. The lowest BCUT2D eigenvalue weighted by atomic mass is 9.55. The van der Waals surface area contributed by atoms with Crippen molar-refractivity contribution >= 4 is 17.5 Å². The second-order valence-corrected chi connectivity index (χ2v) is 8.29. The zero-order valence-corrected chi connectivity index (χ0v) is 16.1. The average Bonchev–Trinajstić information content (AvgIpc) is 3.04. The molecule has 1 aliphatic heterocycles. The van der Waals surface area contributed by atoms with Crippen LogP contribution in [0.25, 0.3) is 0 Å². The lowest BCUT2D eigenvalue weighted by molar-refractivity contribution is -0.137. The molecule has 0 unspecified atom stereocenters. The van der Waals surface area contributed by atoms with Gasteiger partial charge in [-0.3, -0.25) is 9.59 Å². The third-order valence-corrected chi connectivity index (χ3v) is 6.90. The van der Waals surface area contributed by atoms with E-state index >= 15 is 0 Å². The van der Waals surface area contributed by atoms with Gasteiger partial charge in [0.2, 0.25) is 11.8 Å². The van der Waals surface area contributed by atoms with Crippen LogP contribution in [0, 0.1) is 11.8 Å². The summed E-state index contributed by atoms with van der Waals surface area (Å²) in [7, 11) is 0. The fraction of sp³-hybridized carbons (Fsp3) is 0.200. The lowest BCUT2D eigenvalue weighted by Crippen LogP contribution is -2.41. The van der Waals surface area contributed by atoms with Gasteiger partial charge in [-0.05, 0) is 34.4 Å². The lowest BCUT2D eigenvalue weighted by Gasteiger charge is -2.45. The number of amides is 2. The van der Waals surface area contributed by atoms with Gasteiger partial charge in [-0.2, -0.15) is 13.2 Å². The summed E-state index contributed by atoms with van der Waals surface area (Å²) in [6.45, 7) is 0. The average molecular weight is 419 g/mol. The molecule has 0 spiro atoms. The second kappa shape index (κ2) is 6.06. The van der Waals surface area contributed by atoms with E-state index in [4.69, 9.17) is 0 Å². The van der Waals surface area contributed by atoms with E-state index in [1.807, 2.05) is 48.5 Å². The first-order valence-electron chi connectivity index (χ1n) is 10.1. The number of benzene rings is 3. The van der Waals surface area contributed by atoms with E-state index in [9.17, 15) is 22.8 Å². The van der Waals surface area contributed by atoms with Crippen molar-refractivity contribution in [3.8, 4) is 0 Å². The summed E-state index contributed by atoms with van der Waals surface area (Å²) >= 11 is 0. The van der Waals surface area contributed by atoms with Crippen molar-refractivity contribution in [3.63, 3.8) is 0 Å². The number of nitrogens with zero attached hydrogens (tertiary/aromatic N) is 1. The Bertz CT molecular complexity index is 1150. The first-order chi connectivity index (χ1) is 14.9. The molecule has 0 saturated carbocycles. The number of anilines is 1. The van der Waals surface area contributed by atoms with Gasteiger partial charge in [0, 0.05) is 11.8 Å². The third-order valence-electron chi connectivity index (χ3n) is 6.90. The van der Waals surface area contributed by atoms with E-state index < -0.39 is 35.4 Å². The maximum absolute atomic E-state index is 13.7. The molecule has 2 atom stereocenters. The Labute approximate surface area is 176 Å². The van der Waals surface area contributed by atoms with Crippen molar-refractivity contribution in [1.29, 1.82) is 0 Å². The number of hydrogen-bond acceptors (Lipinski definition) is 2. The molecule has 3 nitrogen and oxygen atoms in total. The predicted molar refractivity (Wildman–Crippen MR) is 107 cm³/mol. The quantitative estimate of drug-likeness (QED) is 0.515. The summed E-state index contributed by atoms with van der Waals surface area (Å²) in [6, 6.07) is 20.2. The Morgan fingerprint density at radius 2 is 1.00 bits per heavy atom. The van der Waals surface area contributed by atoms with Gasteiger partial charge in [0.05, 0.1) is 23.1 Å². The number of carbonyl (C=O) groups is 2. The number of alkyl halides is 3. The Kier molecular flexibility index (Phi) is 3.59. The molecule has 0 radical (unpaired) electrons. The Morgan fingerprint density at radius 1 is 0.613 bits per heavy atom. The van der Waals surface area contributed by atoms with Crippen LogP contribution in [0.4, 0.5) is 18.9 Å². The van der Waals surface area contributed by atoms with Crippen molar-refractivity contribution < 1.29 is 22.8 Å². The number of imide groups is 1. The number of para-hydroxylation sites is 1. The van der Waals surface area contributed by atoms with Gasteiger partial charge in [-0.1, -0.05) is 60.7 Å². The van der Waals surface area contributed by atoms with Crippen LogP contribution < -0.4 is 4.90 Å². The highest BCUT2D eigenvalue weighted by molar-refractivity contribution is 6.23. The third kappa shape index (κ3) is 2.30. The Hall–Kier alpha value is -3.41. The molecule has 1 saturated heterocycles. The molecule has 154 valence electrons. The monoisotopic (exact) mass is 419 g/mol. The molecule has 2 bridgehead atoms. The van der Waals surface area contributed by atoms with E-state index in [-0.39, 0.29) is 17.5 Å². The van der Waals surface area contributed by atoms with Gasteiger partial charge in [0.1, 0.15) is 0 Å². The SMILES string of the molecule is O=C1[C@@H]2C3c4ccccc4C(c4ccccc43)[C@@H]2C(=O)N1c1ccccc1C(F)(F)F. The molecule has 0 aromatic heterocycles. The molecule has 7 rings (SSSR count). The molecule has 1 heterocycles. The first-order valence-corrected chi connectivity index (χ1v) is 10.1. The minimum atomic E-state index is -4.67. The summed E-state index contributed by atoms with van der Waals surface area (Å²) in [5.41, 5.74) is 2.59. The topological polar surface area (TPSA) is 37.4 Å². The largest absolute Gasteiger partial charge is 0.418 e. The fourth-order valence-corrected chi connectivity index (χ4v) is 5.82. The summed E-state index contributed by atoms with van der Waals surface area (Å²) in [5.74, 6) is -3.20. The van der Waals surface area contributed by atoms with E-state index in [2.05, 4.69) is 0 Å². The minimum absolute atomic E-state index is 0.345. The number of hydrogen-bond donors (Lipinski definition) is 0. The molecular weight excluding hydrogens is 403 g/mol. The molecule has 6 heteroatoms. The van der Waals surface area contributed by atoms with Crippen molar-refractivity contribution in [3.05, 3.63) is 101 Å².